The summed E-state index contributed by atoms with van der Waals surface area (Å²) < 4.78 is 0. The van der Waals surface area contributed by atoms with Gasteiger partial charge < -0.3 is 21.3 Å². The number of hydrogen-bond acceptors (Lipinski definition) is 6. The molecule has 1 aliphatic heterocycles. The molecule has 2 aromatic rings. The van der Waals surface area contributed by atoms with E-state index < -0.39 is 0 Å². The zero-order valence-corrected chi connectivity index (χ0v) is 12.3. The summed E-state index contributed by atoms with van der Waals surface area (Å²) in [5.74, 6) is 0.625. The molecule has 0 unspecified atom stereocenters. The first-order chi connectivity index (χ1) is 10.1. The number of nitrogens with zero attached hydrogens (tertiary/aromatic N) is 4. The summed E-state index contributed by atoms with van der Waals surface area (Å²) in [6.45, 7) is 3.41. The zero-order valence-electron chi connectivity index (χ0n) is 11.5. The predicted molar refractivity (Wildman–Crippen MR) is 86.7 cm³/mol. The molecule has 1 saturated heterocycles. The van der Waals surface area contributed by atoms with Gasteiger partial charge in [-0.25, -0.2) is 4.98 Å². The molecule has 6 nitrogen and oxygen atoms in total. The third-order valence-electron chi connectivity index (χ3n) is 3.63. The van der Waals surface area contributed by atoms with E-state index in [-0.39, 0.29) is 5.95 Å². The van der Waals surface area contributed by atoms with E-state index in [1.54, 1.807) is 6.20 Å². The van der Waals surface area contributed by atoms with Crippen LogP contribution in [0.15, 0.2) is 30.5 Å². The fraction of sp³-hybridized carbons (Fsp3) is 0.286. The van der Waals surface area contributed by atoms with Gasteiger partial charge in [0, 0.05) is 26.2 Å². The van der Waals surface area contributed by atoms with E-state index >= 15 is 0 Å². The van der Waals surface area contributed by atoms with Crippen LogP contribution < -0.4 is 21.3 Å². The molecule has 0 spiro atoms. The Kier molecular flexibility index (Phi) is 3.70. The number of benzene rings is 1. The van der Waals surface area contributed by atoms with Crippen LogP contribution in [0.25, 0.3) is 0 Å². The number of hydrogen-bond donors (Lipinski definition) is 2. The van der Waals surface area contributed by atoms with Crippen molar-refractivity contribution in [2.75, 3.05) is 47.4 Å². The van der Waals surface area contributed by atoms with Crippen molar-refractivity contribution in [2.45, 2.75) is 0 Å². The van der Waals surface area contributed by atoms with Crippen molar-refractivity contribution in [3.8, 4) is 0 Å². The number of para-hydroxylation sites is 1. The molecule has 1 aromatic carbocycles. The molecule has 0 aliphatic carbocycles. The maximum absolute atomic E-state index is 6.24. The maximum Gasteiger partial charge on any atom is 0.222 e. The highest BCUT2D eigenvalue weighted by atomic mass is 35.5. The Morgan fingerprint density at radius 1 is 0.952 bits per heavy atom. The van der Waals surface area contributed by atoms with Crippen LogP contribution in [-0.4, -0.2) is 36.1 Å². The Bertz CT molecular complexity index is 639. The van der Waals surface area contributed by atoms with Crippen molar-refractivity contribution in [3.63, 3.8) is 0 Å². The van der Waals surface area contributed by atoms with Crippen LogP contribution in [0.1, 0.15) is 0 Å². The normalized spacial score (nSPS) is 15.3. The minimum atomic E-state index is 0.200. The summed E-state index contributed by atoms with van der Waals surface area (Å²) in [6.07, 6.45) is 1.68. The molecule has 1 aliphatic rings. The van der Waals surface area contributed by atoms with Gasteiger partial charge in [0.1, 0.15) is 0 Å². The predicted octanol–water partition coefficient (Wildman–Crippen LogP) is 1.62. The number of nitrogen functional groups attached to an aromatic ring is 2. The maximum atomic E-state index is 6.24. The molecule has 2 heterocycles. The molecular formula is C14H17ClN6. The topological polar surface area (TPSA) is 84.3 Å². The second-order valence-corrected chi connectivity index (χ2v) is 5.33. The van der Waals surface area contributed by atoms with Gasteiger partial charge in [0.2, 0.25) is 5.95 Å². The first kappa shape index (κ1) is 13.8. The van der Waals surface area contributed by atoms with Gasteiger partial charge in [0.15, 0.2) is 5.82 Å². The van der Waals surface area contributed by atoms with E-state index in [1.807, 2.05) is 24.3 Å². The van der Waals surface area contributed by atoms with Crippen LogP contribution >= 0.6 is 11.6 Å². The Hall–Kier alpha value is -2.21. The molecule has 110 valence electrons. The van der Waals surface area contributed by atoms with E-state index in [0.29, 0.717) is 5.82 Å². The second-order valence-electron chi connectivity index (χ2n) is 4.92. The number of rotatable bonds is 2. The molecule has 0 atom stereocenters. The first-order valence-corrected chi connectivity index (χ1v) is 7.15. The van der Waals surface area contributed by atoms with Gasteiger partial charge in [-0.2, -0.15) is 4.98 Å². The van der Waals surface area contributed by atoms with E-state index in [0.717, 1.165) is 42.6 Å². The molecule has 21 heavy (non-hydrogen) atoms. The van der Waals surface area contributed by atoms with Crippen LogP contribution in [0, 0.1) is 0 Å². The molecule has 0 radical (unpaired) electrons. The number of piperazine rings is 1. The van der Waals surface area contributed by atoms with Gasteiger partial charge >= 0.3 is 0 Å². The zero-order chi connectivity index (χ0) is 14.8. The van der Waals surface area contributed by atoms with Crippen LogP contribution in [0.3, 0.4) is 0 Å². The van der Waals surface area contributed by atoms with Crippen LogP contribution in [-0.2, 0) is 0 Å². The van der Waals surface area contributed by atoms with Crippen molar-refractivity contribution in [1.29, 1.82) is 0 Å². The summed E-state index contributed by atoms with van der Waals surface area (Å²) in [6, 6.07) is 7.89. The number of halogens is 1. The van der Waals surface area contributed by atoms with Gasteiger partial charge in [-0.1, -0.05) is 23.7 Å². The lowest BCUT2D eigenvalue weighted by atomic mass is 10.2. The average molecular weight is 305 g/mol. The van der Waals surface area contributed by atoms with Crippen LogP contribution in [0.4, 0.5) is 23.1 Å². The number of aromatic nitrogens is 2. The fourth-order valence-corrected chi connectivity index (χ4v) is 2.80. The Balaban J connectivity index is 1.72. The quantitative estimate of drug-likeness (QED) is 0.877. The lowest BCUT2D eigenvalue weighted by molar-refractivity contribution is 0.652. The second kappa shape index (κ2) is 5.65. The van der Waals surface area contributed by atoms with E-state index in [1.165, 1.54) is 0 Å². The molecule has 0 bridgehead atoms. The summed E-state index contributed by atoms with van der Waals surface area (Å²) >= 11 is 6.24. The molecule has 3 rings (SSSR count). The largest absolute Gasteiger partial charge is 0.382 e. The third-order valence-corrected chi connectivity index (χ3v) is 3.95. The van der Waals surface area contributed by atoms with Gasteiger partial charge in [-0.15, -0.1) is 0 Å². The Morgan fingerprint density at radius 3 is 2.19 bits per heavy atom. The number of anilines is 4. The van der Waals surface area contributed by atoms with E-state index in [9.17, 15) is 0 Å². The molecule has 1 fully saturated rings. The Labute approximate surface area is 128 Å². The first-order valence-electron chi connectivity index (χ1n) is 6.77. The summed E-state index contributed by atoms with van der Waals surface area (Å²) in [5.41, 5.74) is 13.3. The average Bonchev–Trinajstić information content (AvgIpc) is 2.48. The lowest BCUT2D eigenvalue weighted by Gasteiger charge is -2.37. The lowest BCUT2D eigenvalue weighted by Crippen LogP contribution is -2.47. The third kappa shape index (κ3) is 2.80. The molecule has 4 N–H and O–H groups in total. The number of nitrogens with two attached hydrogens (primary N) is 2. The molecule has 0 amide bonds. The van der Waals surface area contributed by atoms with Crippen molar-refractivity contribution in [3.05, 3.63) is 35.5 Å². The molecular weight excluding hydrogens is 288 g/mol. The Morgan fingerprint density at radius 2 is 1.57 bits per heavy atom. The molecule has 7 heteroatoms. The van der Waals surface area contributed by atoms with E-state index in [4.69, 9.17) is 23.1 Å². The highest BCUT2D eigenvalue weighted by Crippen LogP contribution is 2.28. The molecule has 0 saturated carbocycles. The van der Waals surface area contributed by atoms with Gasteiger partial charge in [0.05, 0.1) is 22.6 Å². The van der Waals surface area contributed by atoms with Gasteiger partial charge in [-0.3, -0.25) is 0 Å². The van der Waals surface area contributed by atoms with Crippen molar-refractivity contribution < 1.29 is 0 Å². The monoisotopic (exact) mass is 304 g/mol. The standard InChI is InChI=1S/C14H17ClN6/c15-10-3-1-2-4-11(10)20-5-7-21(8-6-20)12-9-18-14(17)19-13(12)16/h1-4,9H,5-8H2,(H4,16,17,18,19). The fourth-order valence-electron chi connectivity index (χ4n) is 2.54. The minimum absolute atomic E-state index is 0.200. The smallest absolute Gasteiger partial charge is 0.222 e. The van der Waals surface area contributed by atoms with Crippen molar-refractivity contribution >= 4 is 34.7 Å². The van der Waals surface area contributed by atoms with Crippen molar-refractivity contribution in [1.82, 2.24) is 9.97 Å². The highest BCUT2D eigenvalue weighted by molar-refractivity contribution is 6.33. The highest BCUT2D eigenvalue weighted by Gasteiger charge is 2.21. The SMILES string of the molecule is Nc1ncc(N2CCN(c3ccccc3Cl)CC2)c(N)n1. The van der Waals surface area contributed by atoms with Crippen LogP contribution in [0.5, 0.6) is 0 Å². The van der Waals surface area contributed by atoms with Crippen molar-refractivity contribution in [2.24, 2.45) is 0 Å². The van der Waals surface area contributed by atoms with E-state index in [2.05, 4.69) is 19.8 Å². The van der Waals surface area contributed by atoms with Gasteiger partial charge in [0.25, 0.3) is 0 Å². The minimum Gasteiger partial charge on any atom is -0.382 e. The summed E-state index contributed by atoms with van der Waals surface area (Å²) in [5, 5.41) is 0.779. The van der Waals surface area contributed by atoms with Gasteiger partial charge in [-0.05, 0) is 12.1 Å². The molecule has 1 aromatic heterocycles. The summed E-state index contributed by atoms with van der Waals surface area (Å²) in [4.78, 5) is 12.5. The van der Waals surface area contributed by atoms with Crippen LogP contribution in [0.2, 0.25) is 5.02 Å². The summed E-state index contributed by atoms with van der Waals surface area (Å²) in [7, 11) is 0.